The molecule has 2 N–H and O–H groups in total. The molecule has 0 spiro atoms. The zero-order chi connectivity index (χ0) is 17.6. The Labute approximate surface area is 149 Å². The molecule has 0 aliphatic heterocycles. The molecule has 1 heterocycles. The number of nitrogens with zero attached hydrogens (tertiary/aromatic N) is 4. The van der Waals surface area contributed by atoms with E-state index in [1.54, 1.807) is 49.6 Å². The number of halogens is 1. The monoisotopic (exact) mass is 352 g/mol. The predicted molar refractivity (Wildman–Crippen MR) is 95.6 cm³/mol. The predicted octanol–water partition coefficient (Wildman–Crippen LogP) is 3.89. The second kappa shape index (κ2) is 7.47. The summed E-state index contributed by atoms with van der Waals surface area (Å²) in [6, 6.07) is 14.3. The van der Waals surface area contributed by atoms with Crippen molar-refractivity contribution in [2.24, 2.45) is 0 Å². The largest absolute Gasteiger partial charge is 0.495 e. The number of nitriles is 1. The fourth-order valence-corrected chi connectivity index (χ4v) is 2.32. The summed E-state index contributed by atoms with van der Waals surface area (Å²) in [5, 5.41) is 23.3. The molecule has 25 heavy (non-hydrogen) atoms. The van der Waals surface area contributed by atoms with Crippen LogP contribution in [0.5, 0.6) is 5.75 Å². The first-order valence-corrected chi connectivity index (χ1v) is 7.63. The Hall–Kier alpha value is -3.37. The third-order valence-corrected chi connectivity index (χ3v) is 3.55. The lowest BCUT2D eigenvalue weighted by Crippen LogP contribution is -2.02. The number of hydrogen-bond acceptors (Lipinski definition) is 7. The third kappa shape index (κ3) is 4.13. The zero-order valence-electron chi connectivity index (χ0n) is 13.2. The van der Waals surface area contributed by atoms with Crippen molar-refractivity contribution in [2.75, 3.05) is 17.7 Å². The van der Waals surface area contributed by atoms with Gasteiger partial charge >= 0.3 is 0 Å². The van der Waals surface area contributed by atoms with E-state index in [1.807, 2.05) is 0 Å². The summed E-state index contributed by atoms with van der Waals surface area (Å²) in [6.07, 6.45) is 1.50. The van der Waals surface area contributed by atoms with Crippen LogP contribution >= 0.6 is 11.6 Å². The van der Waals surface area contributed by atoms with Crippen LogP contribution in [-0.2, 0) is 0 Å². The first-order valence-electron chi connectivity index (χ1n) is 7.25. The van der Waals surface area contributed by atoms with Gasteiger partial charge in [-0.2, -0.15) is 15.3 Å². The van der Waals surface area contributed by atoms with E-state index in [-0.39, 0.29) is 0 Å². The maximum Gasteiger partial charge on any atom is 0.249 e. The third-order valence-electron chi connectivity index (χ3n) is 3.25. The van der Waals surface area contributed by atoms with Crippen LogP contribution in [0.1, 0.15) is 5.56 Å². The highest BCUT2D eigenvalue weighted by Gasteiger charge is 2.05. The Kier molecular flexibility index (Phi) is 4.92. The molecule has 8 heteroatoms. The molecular formula is C17H13ClN6O. The number of ether oxygens (including phenoxy) is 1. The summed E-state index contributed by atoms with van der Waals surface area (Å²) in [7, 11) is 1.56. The number of rotatable bonds is 5. The highest BCUT2D eigenvalue weighted by molar-refractivity contribution is 6.32. The molecule has 1 aromatic heterocycles. The van der Waals surface area contributed by atoms with Gasteiger partial charge in [-0.1, -0.05) is 11.6 Å². The van der Waals surface area contributed by atoms with Crippen molar-refractivity contribution in [2.45, 2.75) is 0 Å². The molecule has 0 amide bonds. The fraction of sp³-hybridized carbons (Fsp3) is 0.0588. The summed E-state index contributed by atoms with van der Waals surface area (Å²) < 4.78 is 5.12. The SMILES string of the molecule is COc1ccc(Nc2nncc(Nc3ccc(C#N)cc3)n2)cc1Cl. The van der Waals surface area contributed by atoms with Crippen LogP contribution in [-0.4, -0.2) is 22.3 Å². The molecule has 0 saturated carbocycles. The van der Waals surface area contributed by atoms with Crippen molar-refractivity contribution in [1.29, 1.82) is 5.26 Å². The molecule has 0 saturated heterocycles. The Balaban J connectivity index is 1.74. The zero-order valence-corrected chi connectivity index (χ0v) is 13.9. The molecule has 124 valence electrons. The second-order valence-electron chi connectivity index (χ2n) is 4.95. The molecule has 3 aromatic rings. The molecule has 3 rings (SSSR count). The van der Waals surface area contributed by atoms with Gasteiger partial charge in [0.05, 0.1) is 30.0 Å². The van der Waals surface area contributed by atoms with Gasteiger partial charge in [-0.3, -0.25) is 0 Å². The van der Waals surface area contributed by atoms with E-state index < -0.39 is 0 Å². The quantitative estimate of drug-likeness (QED) is 0.719. The highest BCUT2D eigenvalue weighted by Crippen LogP contribution is 2.28. The highest BCUT2D eigenvalue weighted by atomic mass is 35.5. The van der Waals surface area contributed by atoms with Crippen molar-refractivity contribution >= 4 is 34.7 Å². The summed E-state index contributed by atoms with van der Waals surface area (Å²) in [6.45, 7) is 0. The van der Waals surface area contributed by atoms with Crippen molar-refractivity contribution in [3.63, 3.8) is 0 Å². The minimum absolute atomic E-state index is 0.319. The van der Waals surface area contributed by atoms with E-state index in [1.165, 1.54) is 6.20 Å². The van der Waals surface area contributed by atoms with Crippen molar-refractivity contribution in [1.82, 2.24) is 15.2 Å². The van der Waals surface area contributed by atoms with Gasteiger partial charge in [-0.05, 0) is 42.5 Å². The average Bonchev–Trinajstić information content (AvgIpc) is 2.63. The normalized spacial score (nSPS) is 9.96. The van der Waals surface area contributed by atoms with E-state index >= 15 is 0 Å². The Morgan fingerprint density at radius 3 is 2.52 bits per heavy atom. The molecular weight excluding hydrogens is 340 g/mol. The van der Waals surface area contributed by atoms with E-state index in [2.05, 4.69) is 31.9 Å². The van der Waals surface area contributed by atoms with E-state index in [0.29, 0.717) is 33.8 Å². The lowest BCUT2D eigenvalue weighted by atomic mass is 10.2. The summed E-state index contributed by atoms with van der Waals surface area (Å²) in [5.74, 6) is 1.42. The second-order valence-corrected chi connectivity index (χ2v) is 5.36. The number of benzene rings is 2. The van der Waals surface area contributed by atoms with E-state index in [0.717, 1.165) is 5.69 Å². The average molecular weight is 353 g/mol. The van der Waals surface area contributed by atoms with Crippen molar-refractivity contribution in [3.05, 3.63) is 59.2 Å². The Morgan fingerprint density at radius 1 is 1.08 bits per heavy atom. The summed E-state index contributed by atoms with van der Waals surface area (Å²) >= 11 is 6.10. The summed E-state index contributed by atoms with van der Waals surface area (Å²) in [5.41, 5.74) is 2.09. The van der Waals surface area contributed by atoms with E-state index in [4.69, 9.17) is 21.6 Å². The standard InChI is InChI=1S/C17H13ClN6O/c1-25-15-7-6-13(8-14(15)18)22-17-23-16(10-20-24-17)21-12-4-2-11(9-19)3-5-12/h2-8,10H,1H3,(H2,21,22,23,24). The van der Waals surface area contributed by atoms with E-state index in [9.17, 15) is 0 Å². The van der Waals surface area contributed by atoms with Gasteiger partial charge in [0.1, 0.15) is 5.75 Å². The molecule has 0 aliphatic carbocycles. The van der Waals surface area contributed by atoms with Crippen LogP contribution in [0, 0.1) is 11.3 Å². The summed E-state index contributed by atoms with van der Waals surface area (Å²) in [4.78, 5) is 4.34. The molecule has 0 bridgehead atoms. The minimum atomic E-state index is 0.319. The Bertz CT molecular complexity index is 923. The smallest absolute Gasteiger partial charge is 0.249 e. The van der Waals surface area contributed by atoms with Crippen molar-refractivity contribution < 1.29 is 4.74 Å². The molecule has 2 aromatic carbocycles. The molecule has 7 nitrogen and oxygen atoms in total. The maximum absolute atomic E-state index is 8.82. The first-order chi connectivity index (χ1) is 12.2. The molecule has 0 radical (unpaired) electrons. The number of aromatic nitrogens is 3. The molecule has 0 aliphatic rings. The van der Waals surface area contributed by atoms with Crippen LogP contribution in [0.2, 0.25) is 5.02 Å². The van der Waals surface area contributed by atoms with Gasteiger partial charge in [0.25, 0.3) is 0 Å². The minimum Gasteiger partial charge on any atom is -0.495 e. The fourth-order valence-electron chi connectivity index (χ4n) is 2.07. The van der Waals surface area contributed by atoms with Gasteiger partial charge in [0.2, 0.25) is 5.95 Å². The molecule has 0 unspecified atom stereocenters. The van der Waals surface area contributed by atoms with Gasteiger partial charge in [-0.15, -0.1) is 5.10 Å². The maximum atomic E-state index is 8.82. The van der Waals surface area contributed by atoms with Crippen LogP contribution in [0.3, 0.4) is 0 Å². The lowest BCUT2D eigenvalue weighted by Gasteiger charge is -2.09. The number of methoxy groups -OCH3 is 1. The van der Waals surface area contributed by atoms with Crippen LogP contribution < -0.4 is 15.4 Å². The number of hydrogen-bond donors (Lipinski definition) is 2. The van der Waals surface area contributed by atoms with Gasteiger partial charge < -0.3 is 15.4 Å². The lowest BCUT2D eigenvalue weighted by molar-refractivity contribution is 0.415. The van der Waals surface area contributed by atoms with Gasteiger partial charge in [-0.25, -0.2) is 0 Å². The van der Waals surface area contributed by atoms with Gasteiger partial charge in [0.15, 0.2) is 5.82 Å². The Morgan fingerprint density at radius 2 is 1.84 bits per heavy atom. The van der Waals surface area contributed by atoms with Gasteiger partial charge in [0, 0.05) is 11.4 Å². The van der Waals surface area contributed by atoms with Crippen LogP contribution in [0.4, 0.5) is 23.1 Å². The molecule has 0 fully saturated rings. The van der Waals surface area contributed by atoms with Crippen molar-refractivity contribution in [3.8, 4) is 11.8 Å². The molecule has 0 atom stereocenters. The first kappa shape index (κ1) is 16.5. The van der Waals surface area contributed by atoms with Crippen LogP contribution in [0.25, 0.3) is 0 Å². The number of anilines is 4. The number of nitrogens with one attached hydrogen (secondary N) is 2. The van der Waals surface area contributed by atoms with Crippen LogP contribution in [0.15, 0.2) is 48.7 Å². The topological polar surface area (TPSA) is 95.8 Å².